The number of carbonyl (C=O) groups excluding carboxylic acids is 1. The molecule has 1 aliphatic rings. The fourth-order valence-electron chi connectivity index (χ4n) is 5.58. The van der Waals surface area contributed by atoms with Gasteiger partial charge >= 0.3 is 0 Å². The first-order valence-corrected chi connectivity index (χ1v) is 14.4. The number of ketones is 1. The molecule has 6 aromatic rings. The van der Waals surface area contributed by atoms with E-state index < -0.39 is 6.89 Å². The average Bonchev–Trinajstić information content (AvgIpc) is 3.00. The van der Waals surface area contributed by atoms with Crippen LogP contribution in [0.4, 0.5) is 0 Å². The molecule has 0 N–H and O–H groups in total. The van der Waals surface area contributed by atoms with Crippen molar-refractivity contribution >= 4 is 44.9 Å². The number of hydrogen-bond acceptors (Lipinski definition) is 3. The average molecular weight is 507 g/mol. The standard InChI is InChI=1S/C34H23N2OP/c37-33-28-21-11-10-20-27(28)31-32(36-30-23-13-12-22-29(30)35-31)34(33)38(24-14-4-1-5-15-24,25-16-6-2-7-17-25)26-18-8-3-9-19-26/h1-23H. The largest absolute Gasteiger partial charge is 0.288 e. The van der Waals surface area contributed by atoms with E-state index in [0.29, 0.717) is 11.3 Å². The molecule has 1 heterocycles. The Morgan fingerprint density at radius 3 is 1.32 bits per heavy atom. The Hall–Kier alpha value is -4.59. The number of hydrogen-bond donors (Lipinski definition) is 0. The van der Waals surface area contributed by atoms with Crippen LogP contribution in [0.5, 0.6) is 0 Å². The lowest BCUT2D eigenvalue weighted by Gasteiger charge is -2.34. The zero-order valence-electron chi connectivity index (χ0n) is 20.5. The Balaban J connectivity index is 1.78. The van der Waals surface area contributed by atoms with E-state index in [1.165, 1.54) is 0 Å². The molecule has 0 amide bonds. The molecule has 3 nitrogen and oxygen atoms in total. The summed E-state index contributed by atoms with van der Waals surface area (Å²) in [4.78, 5) is 25.1. The number of Topliss-reactive ketones (excluding diaryl/α,β-unsaturated/α-hetero) is 1. The first-order chi connectivity index (χ1) is 18.8. The normalized spacial score (nSPS) is 12.7. The Morgan fingerprint density at radius 1 is 0.421 bits per heavy atom. The second-order valence-corrected chi connectivity index (χ2v) is 12.6. The van der Waals surface area contributed by atoms with Crippen LogP contribution >= 0.6 is 6.89 Å². The van der Waals surface area contributed by atoms with Crippen LogP contribution in [0.1, 0.15) is 16.1 Å². The van der Waals surface area contributed by atoms with Crippen molar-refractivity contribution in [1.29, 1.82) is 0 Å². The Bertz CT molecular complexity index is 1780. The van der Waals surface area contributed by atoms with Crippen LogP contribution in [-0.4, -0.2) is 21.0 Å². The summed E-state index contributed by atoms with van der Waals surface area (Å²) < 4.78 is 0. The van der Waals surface area contributed by atoms with E-state index in [-0.39, 0.29) is 5.78 Å². The Kier molecular flexibility index (Phi) is 5.39. The molecule has 7 rings (SSSR count). The van der Waals surface area contributed by atoms with Crippen LogP contribution in [-0.2, 0) is 0 Å². The number of para-hydroxylation sites is 2. The summed E-state index contributed by atoms with van der Waals surface area (Å²) in [5, 5.41) is 4.07. The lowest BCUT2D eigenvalue weighted by atomic mass is 9.90. The Morgan fingerprint density at radius 2 is 0.816 bits per heavy atom. The second-order valence-electron chi connectivity index (χ2n) is 9.31. The van der Waals surface area contributed by atoms with E-state index in [1.54, 1.807) is 0 Å². The van der Waals surface area contributed by atoms with Crippen molar-refractivity contribution in [3.05, 3.63) is 151 Å². The van der Waals surface area contributed by atoms with E-state index in [1.807, 2.05) is 66.7 Å². The van der Waals surface area contributed by atoms with Crippen molar-refractivity contribution in [2.45, 2.75) is 0 Å². The summed E-state index contributed by atoms with van der Waals surface area (Å²) in [5.41, 5.74) is 4.55. The van der Waals surface area contributed by atoms with Gasteiger partial charge in [-0.05, 0) is 34.9 Å². The van der Waals surface area contributed by atoms with Crippen molar-refractivity contribution in [2.24, 2.45) is 0 Å². The highest BCUT2D eigenvalue weighted by atomic mass is 31.2. The molecule has 0 fully saturated rings. The molecule has 0 aliphatic heterocycles. The number of benzene rings is 5. The fraction of sp³-hybridized carbons (Fsp3) is 0. The number of carbonyl (C=O) groups is 1. The maximum Gasteiger partial charge on any atom is 0.197 e. The highest BCUT2D eigenvalue weighted by molar-refractivity contribution is 7.97. The molecule has 1 aromatic heterocycles. The van der Waals surface area contributed by atoms with Crippen molar-refractivity contribution in [3.63, 3.8) is 0 Å². The molecule has 1 aliphatic carbocycles. The predicted molar refractivity (Wildman–Crippen MR) is 159 cm³/mol. The number of rotatable bonds is 3. The van der Waals surface area contributed by atoms with Crippen LogP contribution < -0.4 is 15.9 Å². The molecule has 0 saturated carbocycles. The van der Waals surface area contributed by atoms with Crippen molar-refractivity contribution < 1.29 is 4.79 Å². The van der Waals surface area contributed by atoms with E-state index >= 15 is 0 Å². The van der Waals surface area contributed by atoms with E-state index in [0.717, 1.165) is 43.5 Å². The zero-order chi connectivity index (χ0) is 25.5. The minimum absolute atomic E-state index is 0.0163. The van der Waals surface area contributed by atoms with Crippen LogP contribution in [0, 0.1) is 0 Å². The van der Waals surface area contributed by atoms with Gasteiger partial charge < -0.3 is 0 Å². The third-order valence-corrected chi connectivity index (χ3v) is 11.5. The molecule has 0 spiro atoms. The quantitative estimate of drug-likeness (QED) is 0.276. The predicted octanol–water partition coefficient (Wildman–Crippen LogP) is 6.01. The summed E-state index contributed by atoms with van der Waals surface area (Å²) in [7, 11) is 0. The minimum atomic E-state index is -2.69. The number of nitrogens with zero attached hydrogens (tertiary/aromatic N) is 2. The van der Waals surface area contributed by atoms with Gasteiger partial charge in [-0.25, -0.2) is 9.97 Å². The number of fused-ring (bicyclic) bond motifs is 4. The third-order valence-electron chi connectivity index (χ3n) is 7.20. The lowest BCUT2D eigenvalue weighted by molar-refractivity contribution is 0.106. The Labute approximate surface area is 221 Å². The monoisotopic (exact) mass is 506 g/mol. The summed E-state index contributed by atoms with van der Waals surface area (Å²) in [6.07, 6.45) is 0. The van der Waals surface area contributed by atoms with Gasteiger partial charge in [-0.1, -0.05) is 127 Å². The zero-order valence-corrected chi connectivity index (χ0v) is 21.4. The summed E-state index contributed by atoms with van der Waals surface area (Å²) in [6, 6.07) is 47.1. The van der Waals surface area contributed by atoms with Gasteiger partial charge in [0.1, 0.15) is 5.69 Å². The molecule has 0 radical (unpaired) electrons. The van der Waals surface area contributed by atoms with Gasteiger partial charge in [-0.3, -0.25) is 4.79 Å². The maximum atomic E-state index is 14.8. The summed E-state index contributed by atoms with van der Waals surface area (Å²) >= 11 is 0. The second kappa shape index (κ2) is 9.06. The van der Waals surface area contributed by atoms with Crippen LogP contribution in [0.3, 0.4) is 0 Å². The molecule has 38 heavy (non-hydrogen) atoms. The van der Waals surface area contributed by atoms with E-state index in [2.05, 4.69) is 72.8 Å². The molecule has 0 atom stereocenters. The summed E-state index contributed by atoms with van der Waals surface area (Å²) in [6.45, 7) is -2.69. The minimum Gasteiger partial charge on any atom is -0.288 e. The molecule has 4 heteroatoms. The van der Waals surface area contributed by atoms with Gasteiger partial charge in [-0.15, -0.1) is 0 Å². The highest BCUT2D eigenvalue weighted by Gasteiger charge is 2.40. The van der Waals surface area contributed by atoms with Gasteiger partial charge in [-0.2, -0.15) is 0 Å². The first kappa shape index (κ1) is 22.6. The maximum absolute atomic E-state index is 14.8. The van der Waals surface area contributed by atoms with Crippen LogP contribution in [0.15, 0.2) is 140 Å². The molecule has 180 valence electrons. The van der Waals surface area contributed by atoms with Gasteiger partial charge in [0.05, 0.1) is 22.0 Å². The molecular formula is C34H23N2OP. The van der Waals surface area contributed by atoms with Crippen molar-refractivity contribution in [3.8, 4) is 11.3 Å². The highest BCUT2D eigenvalue weighted by Crippen LogP contribution is 2.50. The topological polar surface area (TPSA) is 42.9 Å². The first-order valence-electron chi connectivity index (χ1n) is 12.6. The SMILES string of the molecule is O=C1C(=P(c2ccccc2)(c2ccccc2)c2ccccc2)c2nc3ccccc3nc2-c2ccccc21. The van der Waals surface area contributed by atoms with Crippen LogP contribution in [0.25, 0.3) is 22.3 Å². The third kappa shape index (κ3) is 3.33. The molecule has 0 saturated heterocycles. The lowest BCUT2D eigenvalue weighted by Crippen LogP contribution is -2.36. The van der Waals surface area contributed by atoms with E-state index in [9.17, 15) is 4.79 Å². The van der Waals surface area contributed by atoms with Gasteiger partial charge in [0.2, 0.25) is 0 Å². The number of aromatic nitrogens is 2. The van der Waals surface area contributed by atoms with Crippen molar-refractivity contribution in [1.82, 2.24) is 9.97 Å². The molecule has 0 bridgehead atoms. The molecule has 0 unspecified atom stereocenters. The fourth-order valence-corrected chi connectivity index (χ4v) is 10.0. The molecule has 5 aromatic carbocycles. The van der Waals surface area contributed by atoms with Gasteiger partial charge in [0, 0.05) is 11.1 Å². The molecular weight excluding hydrogens is 483 g/mol. The smallest absolute Gasteiger partial charge is 0.197 e. The van der Waals surface area contributed by atoms with Crippen molar-refractivity contribution in [2.75, 3.05) is 0 Å². The van der Waals surface area contributed by atoms with E-state index in [4.69, 9.17) is 9.97 Å². The van der Waals surface area contributed by atoms with Gasteiger partial charge in [0.15, 0.2) is 5.78 Å². The van der Waals surface area contributed by atoms with Gasteiger partial charge in [0.25, 0.3) is 0 Å². The summed E-state index contributed by atoms with van der Waals surface area (Å²) in [5.74, 6) is 0.0163. The van der Waals surface area contributed by atoms with Crippen LogP contribution in [0.2, 0.25) is 0 Å².